The molecule has 0 radical (unpaired) electrons. The molecule has 0 fully saturated rings. The van der Waals surface area contributed by atoms with Gasteiger partial charge in [0.05, 0.1) is 5.02 Å². The number of nitrogens with one attached hydrogen (secondary N) is 1. The summed E-state index contributed by atoms with van der Waals surface area (Å²) < 4.78 is 32.5. The summed E-state index contributed by atoms with van der Waals surface area (Å²) in [6.07, 6.45) is 0.762. The van der Waals surface area contributed by atoms with E-state index >= 15 is 0 Å². The molecule has 0 saturated heterocycles. The van der Waals surface area contributed by atoms with Crippen LogP contribution in [-0.2, 0) is 4.74 Å². The smallest absolute Gasteiger partial charge is 0.142 e. The lowest BCUT2D eigenvalue weighted by Crippen LogP contribution is -2.28. The van der Waals surface area contributed by atoms with Crippen molar-refractivity contribution < 1.29 is 13.5 Å². The Balaban J connectivity index is 3.01. The Morgan fingerprint density at radius 2 is 2.00 bits per heavy atom. The van der Waals surface area contributed by atoms with Gasteiger partial charge in [-0.05, 0) is 31.0 Å². The fourth-order valence-electron chi connectivity index (χ4n) is 2.08. The van der Waals surface area contributed by atoms with Gasteiger partial charge in [0, 0.05) is 25.3 Å². The first-order valence-electron chi connectivity index (χ1n) is 6.38. The zero-order valence-corrected chi connectivity index (χ0v) is 12.2. The Morgan fingerprint density at radius 1 is 1.32 bits per heavy atom. The van der Waals surface area contributed by atoms with Crippen LogP contribution in [0.25, 0.3) is 0 Å². The van der Waals surface area contributed by atoms with E-state index in [0.29, 0.717) is 18.7 Å². The molecule has 0 spiro atoms. The Hall–Kier alpha value is -0.710. The minimum atomic E-state index is -0.597. The third-order valence-electron chi connectivity index (χ3n) is 3.15. The molecule has 0 aromatic heterocycles. The molecule has 1 rings (SSSR count). The topological polar surface area (TPSA) is 21.3 Å². The fraction of sp³-hybridized carbons (Fsp3) is 0.571. The predicted octanol–water partition coefficient (Wildman–Crippen LogP) is 3.94. The van der Waals surface area contributed by atoms with Crippen molar-refractivity contribution in [3.63, 3.8) is 0 Å². The summed E-state index contributed by atoms with van der Waals surface area (Å²) in [5.74, 6) is -0.962. The average Bonchev–Trinajstić information content (AvgIpc) is 2.38. The van der Waals surface area contributed by atoms with E-state index < -0.39 is 11.6 Å². The highest BCUT2D eigenvalue weighted by molar-refractivity contribution is 6.30. The van der Waals surface area contributed by atoms with Crippen LogP contribution in [0.4, 0.5) is 8.78 Å². The van der Waals surface area contributed by atoms with Crippen molar-refractivity contribution in [2.75, 3.05) is 20.3 Å². The van der Waals surface area contributed by atoms with E-state index in [1.807, 2.05) is 13.8 Å². The fourth-order valence-corrected chi connectivity index (χ4v) is 2.23. The van der Waals surface area contributed by atoms with Crippen molar-refractivity contribution in [3.8, 4) is 0 Å². The Kier molecular flexibility index (Phi) is 6.69. The number of halogens is 3. The third kappa shape index (κ3) is 4.41. The van der Waals surface area contributed by atoms with Crippen LogP contribution in [0, 0.1) is 17.6 Å². The van der Waals surface area contributed by atoms with Gasteiger partial charge in [-0.25, -0.2) is 8.78 Å². The quantitative estimate of drug-likeness (QED) is 0.768. The number of ether oxygens (including phenoxy) is 1. The molecule has 1 aromatic rings. The molecule has 0 heterocycles. The number of benzene rings is 1. The van der Waals surface area contributed by atoms with Gasteiger partial charge >= 0.3 is 0 Å². The number of hydrogen-bond donors (Lipinski definition) is 1. The molecule has 0 saturated carbocycles. The molecule has 2 unspecified atom stereocenters. The molecule has 2 atom stereocenters. The highest BCUT2D eigenvalue weighted by Crippen LogP contribution is 2.29. The van der Waals surface area contributed by atoms with Crippen LogP contribution < -0.4 is 5.32 Å². The SMILES string of the molecule is CCNC(c1cc(F)c(Cl)cc1F)C(C)CCOC. The number of methoxy groups -OCH3 is 1. The van der Waals surface area contributed by atoms with Crippen LogP contribution in [0.15, 0.2) is 12.1 Å². The van der Waals surface area contributed by atoms with Crippen molar-refractivity contribution in [1.29, 1.82) is 0 Å². The monoisotopic (exact) mass is 291 g/mol. The molecule has 5 heteroatoms. The van der Waals surface area contributed by atoms with Crippen LogP contribution in [0.5, 0.6) is 0 Å². The molecule has 2 nitrogen and oxygen atoms in total. The maximum atomic E-state index is 14.0. The van der Waals surface area contributed by atoms with Gasteiger partial charge in [0.2, 0.25) is 0 Å². The summed E-state index contributed by atoms with van der Waals surface area (Å²) >= 11 is 5.58. The van der Waals surface area contributed by atoms with E-state index in [4.69, 9.17) is 16.3 Å². The minimum Gasteiger partial charge on any atom is -0.385 e. The van der Waals surface area contributed by atoms with Gasteiger partial charge in [0.1, 0.15) is 11.6 Å². The van der Waals surface area contributed by atoms with Crippen LogP contribution in [0.3, 0.4) is 0 Å². The molecule has 0 bridgehead atoms. The maximum Gasteiger partial charge on any atom is 0.142 e. The first kappa shape index (κ1) is 16.3. The first-order valence-corrected chi connectivity index (χ1v) is 6.75. The van der Waals surface area contributed by atoms with Gasteiger partial charge in [0.25, 0.3) is 0 Å². The van der Waals surface area contributed by atoms with Crippen molar-refractivity contribution in [3.05, 3.63) is 34.4 Å². The number of rotatable bonds is 7. The lowest BCUT2D eigenvalue weighted by atomic mass is 9.91. The maximum absolute atomic E-state index is 14.0. The molecule has 0 aliphatic heterocycles. The summed E-state index contributed by atoms with van der Waals surface area (Å²) in [5.41, 5.74) is 0.312. The van der Waals surface area contributed by atoms with Gasteiger partial charge in [-0.2, -0.15) is 0 Å². The van der Waals surface area contributed by atoms with E-state index in [9.17, 15) is 8.78 Å². The summed E-state index contributed by atoms with van der Waals surface area (Å²) in [5, 5.41) is 3.00. The molecule has 1 N–H and O–H groups in total. The Morgan fingerprint density at radius 3 is 2.58 bits per heavy atom. The van der Waals surface area contributed by atoms with Crippen LogP contribution in [0.1, 0.15) is 31.9 Å². The molecule has 0 amide bonds. The molecule has 0 aliphatic carbocycles. The van der Waals surface area contributed by atoms with E-state index in [0.717, 1.165) is 12.5 Å². The van der Waals surface area contributed by atoms with Crippen molar-refractivity contribution in [2.45, 2.75) is 26.3 Å². The largest absolute Gasteiger partial charge is 0.385 e. The predicted molar refractivity (Wildman–Crippen MR) is 73.4 cm³/mol. The Bertz CT molecular complexity index is 415. The van der Waals surface area contributed by atoms with E-state index in [-0.39, 0.29) is 17.0 Å². The van der Waals surface area contributed by atoms with Crippen molar-refractivity contribution in [2.24, 2.45) is 5.92 Å². The molecule has 1 aromatic carbocycles. The second-order valence-corrected chi connectivity index (χ2v) is 4.99. The minimum absolute atomic E-state index is 0.120. The van der Waals surface area contributed by atoms with Crippen molar-refractivity contribution in [1.82, 2.24) is 5.32 Å². The molecule has 0 aliphatic rings. The number of hydrogen-bond acceptors (Lipinski definition) is 2. The van der Waals surface area contributed by atoms with E-state index in [1.54, 1.807) is 7.11 Å². The zero-order chi connectivity index (χ0) is 14.4. The molecular weight excluding hydrogens is 272 g/mol. The van der Waals surface area contributed by atoms with Crippen LogP contribution in [-0.4, -0.2) is 20.3 Å². The first-order chi connectivity index (χ1) is 9.01. The summed E-state index contributed by atoms with van der Waals surface area (Å²) in [7, 11) is 1.62. The highest BCUT2D eigenvalue weighted by Gasteiger charge is 2.23. The van der Waals surface area contributed by atoms with Gasteiger partial charge in [-0.1, -0.05) is 25.4 Å². The standard InChI is InChI=1S/C14H20ClF2NO/c1-4-18-14(9(2)5-6-19-3)10-7-13(17)11(15)8-12(10)16/h7-9,14,18H,4-6H2,1-3H3. The summed E-state index contributed by atoms with van der Waals surface area (Å²) in [6, 6.07) is 1.94. The van der Waals surface area contributed by atoms with Gasteiger partial charge in [-0.15, -0.1) is 0 Å². The van der Waals surface area contributed by atoms with Gasteiger partial charge in [-0.3, -0.25) is 0 Å². The lowest BCUT2D eigenvalue weighted by Gasteiger charge is -2.25. The lowest BCUT2D eigenvalue weighted by molar-refractivity contribution is 0.170. The third-order valence-corrected chi connectivity index (χ3v) is 3.43. The van der Waals surface area contributed by atoms with E-state index in [1.165, 1.54) is 6.07 Å². The average molecular weight is 292 g/mol. The highest BCUT2D eigenvalue weighted by atomic mass is 35.5. The second-order valence-electron chi connectivity index (χ2n) is 4.58. The summed E-state index contributed by atoms with van der Waals surface area (Å²) in [4.78, 5) is 0. The molecule has 19 heavy (non-hydrogen) atoms. The Labute approximate surface area is 118 Å². The van der Waals surface area contributed by atoms with Gasteiger partial charge < -0.3 is 10.1 Å². The van der Waals surface area contributed by atoms with E-state index in [2.05, 4.69) is 5.32 Å². The molecule has 108 valence electrons. The van der Waals surface area contributed by atoms with Gasteiger partial charge in [0.15, 0.2) is 0 Å². The second kappa shape index (κ2) is 7.78. The van der Waals surface area contributed by atoms with Crippen LogP contribution in [0.2, 0.25) is 5.02 Å². The zero-order valence-electron chi connectivity index (χ0n) is 11.5. The molecular formula is C14H20ClF2NO. The normalized spacial score (nSPS) is 14.4. The van der Waals surface area contributed by atoms with Crippen LogP contribution >= 0.6 is 11.6 Å². The summed E-state index contributed by atoms with van der Waals surface area (Å²) in [6.45, 7) is 5.17. The van der Waals surface area contributed by atoms with Crippen molar-refractivity contribution >= 4 is 11.6 Å².